The molecular weight excluding hydrogens is 422 g/mol. The van der Waals surface area contributed by atoms with Crippen LogP contribution in [0.15, 0.2) is 71.6 Å². The van der Waals surface area contributed by atoms with Crippen LogP contribution < -0.4 is 14.8 Å². The molecule has 0 heterocycles. The monoisotopic (exact) mass is 441 g/mol. The molecule has 0 saturated heterocycles. The molecule has 10 heteroatoms. The van der Waals surface area contributed by atoms with E-state index >= 15 is 0 Å². The van der Waals surface area contributed by atoms with E-state index in [2.05, 4.69) is 10.0 Å². The zero-order valence-corrected chi connectivity index (χ0v) is 17.5. The van der Waals surface area contributed by atoms with Crippen LogP contribution in [0.4, 0.5) is 17.1 Å². The molecule has 2 N–H and O–H groups in total. The number of methoxy groups -OCH3 is 1. The normalized spacial score (nSPS) is 10.9. The van der Waals surface area contributed by atoms with Gasteiger partial charge in [0.05, 0.1) is 28.2 Å². The number of nitrogens with zero attached hydrogens (tertiary/aromatic N) is 1. The van der Waals surface area contributed by atoms with Gasteiger partial charge in [0.2, 0.25) is 0 Å². The van der Waals surface area contributed by atoms with Gasteiger partial charge in [0.25, 0.3) is 21.6 Å². The summed E-state index contributed by atoms with van der Waals surface area (Å²) in [5, 5.41) is 13.7. The summed E-state index contributed by atoms with van der Waals surface area (Å²) in [5.41, 5.74) is 0.875. The quantitative estimate of drug-likeness (QED) is 0.422. The maximum Gasteiger partial charge on any atom is 0.274 e. The summed E-state index contributed by atoms with van der Waals surface area (Å²) in [7, 11) is -2.39. The van der Waals surface area contributed by atoms with Crippen molar-refractivity contribution in [1.29, 1.82) is 0 Å². The molecule has 1 amide bonds. The predicted molar refractivity (Wildman–Crippen MR) is 116 cm³/mol. The number of nitro groups is 1. The molecule has 160 valence electrons. The van der Waals surface area contributed by atoms with Crippen molar-refractivity contribution in [2.24, 2.45) is 0 Å². The Morgan fingerprint density at radius 2 is 1.71 bits per heavy atom. The summed E-state index contributed by atoms with van der Waals surface area (Å²) in [4.78, 5) is 23.2. The second kappa shape index (κ2) is 8.84. The number of carbonyl (C=O) groups excluding carboxylic acids is 1. The average Bonchev–Trinajstić information content (AvgIpc) is 2.75. The fraction of sp³-hybridized carbons (Fsp3) is 0.0952. The molecule has 0 aromatic heterocycles. The Hall–Kier alpha value is -3.92. The number of anilines is 2. The third-order valence-electron chi connectivity index (χ3n) is 4.50. The zero-order valence-electron chi connectivity index (χ0n) is 16.7. The highest BCUT2D eigenvalue weighted by molar-refractivity contribution is 7.92. The second-order valence-electron chi connectivity index (χ2n) is 6.52. The summed E-state index contributed by atoms with van der Waals surface area (Å²) in [6.45, 7) is 1.53. The van der Waals surface area contributed by atoms with Gasteiger partial charge in [-0.15, -0.1) is 0 Å². The molecule has 0 atom stereocenters. The van der Waals surface area contributed by atoms with E-state index in [9.17, 15) is 23.3 Å². The van der Waals surface area contributed by atoms with Gasteiger partial charge >= 0.3 is 0 Å². The molecule has 0 spiro atoms. The van der Waals surface area contributed by atoms with E-state index in [0.717, 1.165) is 0 Å². The van der Waals surface area contributed by atoms with E-state index in [4.69, 9.17) is 4.74 Å². The lowest BCUT2D eigenvalue weighted by Crippen LogP contribution is -2.15. The van der Waals surface area contributed by atoms with Crippen LogP contribution in [0.5, 0.6) is 5.75 Å². The summed E-state index contributed by atoms with van der Waals surface area (Å²) >= 11 is 0. The minimum atomic E-state index is -3.87. The molecule has 0 saturated carbocycles. The Kier molecular flexibility index (Phi) is 6.21. The van der Waals surface area contributed by atoms with Crippen molar-refractivity contribution in [2.45, 2.75) is 11.8 Å². The number of rotatable bonds is 7. The van der Waals surface area contributed by atoms with Crippen LogP contribution >= 0.6 is 0 Å². The van der Waals surface area contributed by atoms with E-state index in [1.807, 2.05) is 0 Å². The minimum absolute atomic E-state index is 0.0374. The SMILES string of the molecule is COc1ccc(S(=O)(=O)Nc2cccc(C(=O)Nc3cccc([N+](=O)[O-])c3C)c2)cc1. The van der Waals surface area contributed by atoms with Gasteiger partial charge in [0, 0.05) is 17.3 Å². The molecule has 31 heavy (non-hydrogen) atoms. The van der Waals surface area contributed by atoms with Crippen LogP contribution in [-0.4, -0.2) is 26.4 Å². The lowest BCUT2D eigenvalue weighted by atomic mass is 10.1. The molecule has 0 bridgehead atoms. The van der Waals surface area contributed by atoms with Crippen LogP contribution in [0.3, 0.4) is 0 Å². The third kappa shape index (κ3) is 4.98. The van der Waals surface area contributed by atoms with Gasteiger partial charge in [-0.2, -0.15) is 0 Å². The number of nitrogens with one attached hydrogen (secondary N) is 2. The van der Waals surface area contributed by atoms with Crippen molar-refractivity contribution in [3.05, 3.63) is 88.0 Å². The molecule has 3 aromatic rings. The number of nitro benzene ring substituents is 1. The van der Waals surface area contributed by atoms with Crippen molar-refractivity contribution in [3.8, 4) is 5.75 Å². The fourth-order valence-electron chi connectivity index (χ4n) is 2.84. The van der Waals surface area contributed by atoms with E-state index in [0.29, 0.717) is 17.0 Å². The Balaban J connectivity index is 1.80. The molecule has 0 aliphatic carbocycles. The number of ether oxygens (including phenoxy) is 1. The van der Waals surface area contributed by atoms with Gasteiger partial charge in [-0.05, 0) is 55.5 Å². The summed E-state index contributed by atoms with van der Waals surface area (Å²) in [6, 6.07) is 16.2. The second-order valence-corrected chi connectivity index (χ2v) is 8.21. The number of benzene rings is 3. The van der Waals surface area contributed by atoms with E-state index in [1.165, 1.54) is 74.7 Å². The molecule has 0 fully saturated rings. The van der Waals surface area contributed by atoms with E-state index in [1.54, 1.807) is 6.07 Å². The predicted octanol–water partition coefficient (Wildman–Crippen LogP) is 3.96. The van der Waals surface area contributed by atoms with Gasteiger partial charge in [-0.25, -0.2) is 8.42 Å². The topological polar surface area (TPSA) is 128 Å². The number of carbonyl (C=O) groups is 1. The Bertz CT molecular complexity index is 1240. The van der Waals surface area contributed by atoms with Crippen molar-refractivity contribution in [3.63, 3.8) is 0 Å². The molecule has 0 aliphatic heterocycles. The van der Waals surface area contributed by atoms with Gasteiger partial charge < -0.3 is 10.1 Å². The first-order valence-corrected chi connectivity index (χ1v) is 10.5. The number of hydrogen-bond donors (Lipinski definition) is 2. The molecule has 0 aliphatic rings. The van der Waals surface area contributed by atoms with Crippen molar-refractivity contribution < 1.29 is 22.9 Å². The smallest absolute Gasteiger partial charge is 0.274 e. The van der Waals surface area contributed by atoms with Gasteiger partial charge in [0.15, 0.2) is 0 Å². The van der Waals surface area contributed by atoms with E-state index in [-0.39, 0.29) is 21.8 Å². The third-order valence-corrected chi connectivity index (χ3v) is 5.89. The van der Waals surface area contributed by atoms with Gasteiger partial charge in [-0.3, -0.25) is 19.6 Å². The molecule has 0 unspecified atom stereocenters. The van der Waals surface area contributed by atoms with Crippen LogP contribution in [0.25, 0.3) is 0 Å². The van der Waals surface area contributed by atoms with E-state index < -0.39 is 20.9 Å². The fourth-order valence-corrected chi connectivity index (χ4v) is 3.89. The number of amides is 1. The number of hydrogen-bond acceptors (Lipinski definition) is 6. The standard InChI is InChI=1S/C21H19N3O6S/c1-14-19(7-4-8-20(14)24(26)27)22-21(25)15-5-3-6-16(13-15)23-31(28,29)18-11-9-17(30-2)10-12-18/h3-13,23H,1-2H3,(H,22,25). The number of sulfonamides is 1. The molecule has 3 aromatic carbocycles. The maximum atomic E-state index is 12.6. The van der Waals surface area contributed by atoms with Crippen LogP contribution in [-0.2, 0) is 10.0 Å². The van der Waals surface area contributed by atoms with Gasteiger partial charge in [-0.1, -0.05) is 12.1 Å². The molecule has 9 nitrogen and oxygen atoms in total. The molecule has 0 radical (unpaired) electrons. The highest BCUT2D eigenvalue weighted by Gasteiger charge is 2.17. The van der Waals surface area contributed by atoms with Crippen molar-refractivity contribution in [1.82, 2.24) is 0 Å². The summed E-state index contributed by atoms with van der Waals surface area (Å²) in [5.74, 6) is -0.0110. The minimum Gasteiger partial charge on any atom is -0.497 e. The van der Waals surface area contributed by atoms with Crippen molar-refractivity contribution in [2.75, 3.05) is 17.1 Å². The highest BCUT2D eigenvalue weighted by Crippen LogP contribution is 2.26. The van der Waals surface area contributed by atoms with Crippen molar-refractivity contribution >= 4 is 33.0 Å². The summed E-state index contributed by atoms with van der Waals surface area (Å²) < 4.78 is 32.7. The summed E-state index contributed by atoms with van der Waals surface area (Å²) in [6.07, 6.45) is 0. The maximum absolute atomic E-state index is 12.6. The first-order chi connectivity index (χ1) is 14.7. The molecule has 3 rings (SSSR count). The molecular formula is C21H19N3O6S. The Labute approximate surface area is 178 Å². The highest BCUT2D eigenvalue weighted by atomic mass is 32.2. The van der Waals surface area contributed by atoms with Crippen LogP contribution in [0.1, 0.15) is 15.9 Å². The largest absolute Gasteiger partial charge is 0.497 e. The Morgan fingerprint density at radius 1 is 1.03 bits per heavy atom. The van der Waals surface area contributed by atoms with Crippen LogP contribution in [0, 0.1) is 17.0 Å². The Morgan fingerprint density at radius 3 is 2.35 bits per heavy atom. The zero-order chi connectivity index (χ0) is 22.6. The first kappa shape index (κ1) is 21.8. The lowest BCUT2D eigenvalue weighted by Gasteiger charge is -2.11. The average molecular weight is 441 g/mol. The first-order valence-electron chi connectivity index (χ1n) is 9.03. The van der Waals surface area contributed by atoms with Crippen LogP contribution in [0.2, 0.25) is 0 Å². The van der Waals surface area contributed by atoms with Gasteiger partial charge in [0.1, 0.15) is 5.75 Å². The lowest BCUT2D eigenvalue weighted by molar-refractivity contribution is -0.385.